The van der Waals surface area contributed by atoms with Gasteiger partial charge < -0.3 is 10.2 Å². The van der Waals surface area contributed by atoms with Gasteiger partial charge in [-0.1, -0.05) is 28.1 Å². The summed E-state index contributed by atoms with van der Waals surface area (Å²) in [6.07, 6.45) is 4.07. The Hall–Kier alpha value is -1.88. The molecule has 0 radical (unpaired) electrons. The number of carbonyl (C=O) groups is 1. The zero-order chi connectivity index (χ0) is 16.2. The van der Waals surface area contributed by atoms with Gasteiger partial charge in [0.15, 0.2) is 0 Å². The van der Waals surface area contributed by atoms with E-state index in [4.69, 9.17) is 0 Å². The SMILES string of the molecule is CC(NC(=O)c1cccnc1N1CCCC1)c1ccc(Br)cc1. The zero-order valence-electron chi connectivity index (χ0n) is 13.1. The maximum Gasteiger partial charge on any atom is 0.255 e. The fraction of sp³-hybridized carbons (Fsp3) is 0.333. The number of hydrogen-bond donors (Lipinski definition) is 1. The first-order valence-corrected chi connectivity index (χ1v) is 8.71. The second-order valence-electron chi connectivity index (χ2n) is 5.82. The molecule has 1 atom stereocenters. The Morgan fingerprint density at radius 2 is 1.91 bits per heavy atom. The molecule has 23 heavy (non-hydrogen) atoms. The topological polar surface area (TPSA) is 45.2 Å². The Bertz CT molecular complexity index is 681. The van der Waals surface area contributed by atoms with Crippen molar-refractivity contribution in [3.8, 4) is 0 Å². The molecule has 0 bridgehead atoms. The molecule has 1 aliphatic heterocycles. The van der Waals surface area contributed by atoms with E-state index in [9.17, 15) is 4.79 Å². The minimum atomic E-state index is -0.0737. The normalized spacial score (nSPS) is 15.5. The number of rotatable bonds is 4. The molecule has 1 saturated heterocycles. The largest absolute Gasteiger partial charge is 0.356 e. The minimum absolute atomic E-state index is 0.0535. The van der Waals surface area contributed by atoms with Crippen LogP contribution in [0.2, 0.25) is 0 Å². The van der Waals surface area contributed by atoms with E-state index in [0.717, 1.165) is 41.8 Å². The number of hydrogen-bond acceptors (Lipinski definition) is 3. The summed E-state index contributed by atoms with van der Waals surface area (Å²) in [5.74, 6) is 0.723. The number of nitrogens with one attached hydrogen (secondary N) is 1. The summed E-state index contributed by atoms with van der Waals surface area (Å²) < 4.78 is 1.03. The van der Waals surface area contributed by atoms with E-state index in [-0.39, 0.29) is 11.9 Å². The van der Waals surface area contributed by atoms with Crippen molar-refractivity contribution in [2.45, 2.75) is 25.8 Å². The third-order valence-corrected chi connectivity index (χ3v) is 4.68. The van der Waals surface area contributed by atoms with Crippen LogP contribution in [0.4, 0.5) is 5.82 Å². The Labute approximate surface area is 145 Å². The summed E-state index contributed by atoms with van der Waals surface area (Å²) in [6, 6.07) is 11.6. The molecule has 1 aromatic carbocycles. The lowest BCUT2D eigenvalue weighted by atomic mass is 10.1. The van der Waals surface area contributed by atoms with Gasteiger partial charge in [0.25, 0.3) is 5.91 Å². The highest BCUT2D eigenvalue weighted by Crippen LogP contribution is 2.23. The Balaban J connectivity index is 1.76. The fourth-order valence-corrected chi connectivity index (χ4v) is 3.13. The van der Waals surface area contributed by atoms with E-state index in [1.807, 2.05) is 43.3 Å². The highest BCUT2D eigenvalue weighted by atomic mass is 79.9. The molecule has 4 nitrogen and oxygen atoms in total. The first kappa shape index (κ1) is 16.0. The minimum Gasteiger partial charge on any atom is -0.356 e. The monoisotopic (exact) mass is 373 g/mol. The number of amides is 1. The number of halogens is 1. The van der Waals surface area contributed by atoms with Crippen LogP contribution >= 0.6 is 15.9 Å². The number of nitrogens with zero attached hydrogens (tertiary/aromatic N) is 2. The van der Waals surface area contributed by atoms with Crippen LogP contribution < -0.4 is 10.2 Å². The summed E-state index contributed by atoms with van der Waals surface area (Å²) >= 11 is 3.43. The molecule has 3 rings (SSSR count). The predicted molar refractivity (Wildman–Crippen MR) is 95.7 cm³/mol. The average Bonchev–Trinajstić information content (AvgIpc) is 3.09. The van der Waals surface area contributed by atoms with Gasteiger partial charge in [0, 0.05) is 23.8 Å². The molecule has 0 spiro atoms. The van der Waals surface area contributed by atoms with Crippen LogP contribution in [0, 0.1) is 0 Å². The lowest BCUT2D eigenvalue weighted by molar-refractivity contribution is 0.0940. The van der Waals surface area contributed by atoms with Gasteiger partial charge in [-0.15, -0.1) is 0 Å². The van der Waals surface area contributed by atoms with Crippen molar-refractivity contribution in [3.63, 3.8) is 0 Å². The average molecular weight is 374 g/mol. The van der Waals surface area contributed by atoms with E-state index >= 15 is 0 Å². The molecule has 120 valence electrons. The summed E-state index contributed by atoms with van der Waals surface area (Å²) in [6.45, 7) is 3.94. The van der Waals surface area contributed by atoms with Crippen LogP contribution in [0.15, 0.2) is 47.1 Å². The highest BCUT2D eigenvalue weighted by molar-refractivity contribution is 9.10. The standard InChI is InChI=1S/C18H20BrN3O/c1-13(14-6-8-15(19)9-7-14)21-18(23)16-5-4-10-20-17(16)22-11-2-3-12-22/h4-10,13H,2-3,11-12H2,1H3,(H,21,23). The zero-order valence-corrected chi connectivity index (χ0v) is 14.7. The van der Waals surface area contributed by atoms with Crippen LogP contribution in [0.5, 0.6) is 0 Å². The predicted octanol–water partition coefficient (Wildman–Crippen LogP) is 3.94. The number of carbonyl (C=O) groups excluding carboxylic acids is 1. The Morgan fingerprint density at radius 1 is 1.22 bits per heavy atom. The summed E-state index contributed by atoms with van der Waals surface area (Å²) in [4.78, 5) is 19.3. The van der Waals surface area contributed by atoms with E-state index < -0.39 is 0 Å². The smallest absolute Gasteiger partial charge is 0.255 e. The van der Waals surface area contributed by atoms with Gasteiger partial charge in [-0.2, -0.15) is 0 Å². The van der Waals surface area contributed by atoms with Gasteiger partial charge in [0.05, 0.1) is 11.6 Å². The second kappa shape index (κ2) is 7.13. The van der Waals surface area contributed by atoms with Gasteiger partial charge in [-0.3, -0.25) is 4.79 Å². The van der Waals surface area contributed by atoms with Crippen molar-refractivity contribution in [3.05, 3.63) is 58.2 Å². The fourth-order valence-electron chi connectivity index (χ4n) is 2.86. The Morgan fingerprint density at radius 3 is 2.61 bits per heavy atom. The van der Waals surface area contributed by atoms with E-state index in [2.05, 4.69) is 31.1 Å². The van der Waals surface area contributed by atoms with Crippen LogP contribution in [-0.4, -0.2) is 24.0 Å². The van der Waals surface area contributed by atoms with Crippen molar-refractivity contribution in [2.75, 3.05) is 18.0 Å². The van der Waals surface area contributed by atoms with Crippen LogP contribution in [0.1, 0.15) is 41.7 Å². The summed E-state index contributed by atoms with van der Waals surface area (Å²) in [5.41, 5.74) is 1.73. The van der Waals surface area contributed by atoms with Gasteiger partial charge in [0.1, 0.15) is 5.82 Å². The molecule has 1 N–H and O–H groups in total. The molecule has 1 aromatic heterocycles. The van der Waals surface area contributed by atoms with Crippen molar-refractivity contribution in [1.29, 1.82) is 0 Å². The molecule has 1 aliphatic rings. The van der Waals surface area contributed by atoms with Crippen molar-refractivity contribution in [1.82, 2.24) is 10.3 Å². The molecular weight excluding hydrogens is 354 g/mol. The first-order valence-electron chi connectivity index (χ1n) is 7.91. The third kappa shape index (κ3) is 3.72. The maximum atomic E-state index is 12.7. The number of pyridine rings is 1. The highest BCUT2D eigenvalue weighted by Gasteiger charge is 2.21. The second-order valence-corrected chi connectivity index (χ2v) is 6.73. The lowest BCUT2D eigenvalue weighted by Gasteiger charge is -2.21. The molecule has 5 heteroatoms. The number of aromatic nitrogens is 1. The van der Waals surface area contributed by atoms with E-state index in [1.165, 1.54) is 0 Å². The van der Waals surface area contributed by atoms with Gasteiger partial charge >= 0.3 is 0 Å². The maximum absolute atomic E-state index is 12.7. The molecule has 2 heterocycles. The van der Waals surface area contributed by atoms with Gasteiger partial charge in [-0.25, -0.2) is 4.98 Å². The lowest BCUT2D eigenvalue weighted by Crippen LogP contribution is -2.30. The van der Waals surface area contributed by atoms with Gasteiger partial charge in [-0.05, 0) is 49.6 Å². The number of benzene rings is 1. The van der Waals surface area contributed by atoms with Gasteiger partial charge in [0.2, 0.25) is 0 Å². The number of anilines is 1. The summed E-state index contributed by atoms with van der Waals surface area (Å²) in [5, 5.41) is 3.07. The quantitative estimate of drug-likeness (QED) is 0.882. The molecule has 0 aliphatic carbocycles. The van der Waals surface area contributed by atoms with Crippen molar-refractivity contribution in [2.24, 2.45) is 0 Å². The van der Waals surface area contributed by atoms with E-state index in [0.29, 0.717) is 5.56 Å². The molecule has 2 aromatic rings. The van der Waals surface area contributed by atoms with Crippen LogP contribution in [-0.2, 0) is 0 Å². The molecule has 0 saturated carbocycles. The molecule has 1 amide bonds. The first-order chi connectivity index (χ1) is 11.1. The van der Waals surface area contributed by atoms with Crippen molar-refractivity contribution >= 4 is 27.7 Å². The summed E-state index contributed by atoms with van der Waals surface area (Å²) in [7, 11) is 0. The van der Waals surface area contributed by atoms with Crippen molar-refractivity contribution < 1.29 is 4.79 Å². The third-order valence-electron chi connectivity index (χ3n) is 4.15. The Kier molecular flexibility index (Phi) is 4.96. The van der Waals surface area contributed by atoms with Crippen LogP contribution in [0.25, 0.3) is 0 Å². The van der Waals surface area contributed by atoms with E-state index in [1.54, 1.807) is 6.20 Å². The molecule has 1 fully saturated rings. The molecular formula is C18H20BrN3O. The van der Waals surface area contributed by atoms with Crippen LogP contribution in [0.3, 0.4) is 0 Å². The molecule has 1 unspecified atom stereocenters.